The van der Waals surface area contributed by atoms with E-state index in [1.54, 1.807) is 0 Å². The van der Waals surface area contributed by atoms with E-state index in [2.05, 4.69) is 62.6 Å². The van der Waals surface area contributed by atoms with Gasteiger partial charge in [0.15, 0.2) is 0 Å². The van der Waals surface area contributed by atoms with Crippen LogP contribution in [-0.2, 0) is 19.4 Å². The maximum atomic E-state index is 10.7. The Kier molecular flexibility index (Phi) is 4.11. The first kappa shape index (κ1) is 16.0. The Bertz CT molecular complexity index is 491. The van der Waals surface area contributed by atoms with Crippen molar-refractivity contribution in [1.82, 2.24) is 9.78 Å². The van der Waals surface area contributed by atoms with Crippen molar-refractivity contribution < 1.29 is 5.11 Å². The lowest BCUT2D eigenvalue weighted by molar-refractivity contribution is 0.127. The number of hydrogen-bond donors (Lipinski definition) is 1. The number of aliphatic hydroxyl groups excluding tert-OH is 1. The van der Waals surface area contributed by atoms with Crippen molar-refractivity contribution in [3.8, 4) is 0 Å². The van der Waals surface area contributed by atoms with Gasteiger partial charge in [-0.3, -0.25) is 4.68 Å². The predicted molar refractivity (Wildman–Crippen MR) is 85.7 cm³/mol. The highest BCUT2D eigenvalue weighted by atomic mass is 79.9. The highest BCUT2D eigenvalue weighted by Gasteiger charge is 2.67. The summed E-state index contributed by atoms with van der Waals surface area (Å²) in [5, 5.41) is 15.3. The van der Waals surface area contributed by atoms with Crippen molar-refractivity contribution in [1.29, 1.82) is 0 Å². The van der Waals surface area contributed by atoms with Crippen LogP contribution in [0.25, 0.3) is 0 Å². The molecule has 20 heavy (non-hydrogen) atoms. The van der Waals surface area contributed by atoms with E-state index in [0.717, 1.165) is 28.8 Å². The molecule has 0 amide bonds. The second-order valence-corrected chi connectivity index (χ2v) is 7.86. The van der Waals surface area contributed by atoms with Gasteiger partial charge in [-0.2, -0.15) is 5.10 Å². The summed E-state index contributed by atoms with van der Waals surface area (Å²) in [6.45, 7) is 14.1. The monoisotopic (exact) mass is 342 g/mol. The van der Waals surface area contributed by atoms with E-state index in [-0.39, 0.29) is 16.9 Å². The molecular weight excluding hydrogens is 316 g/mol. The minimum atomic E-state index is -0.303. The molecule has 1 heterocycles. The van der Waals surface area contributed by atoms with Crippen LogP contribution in [0, 0.1) is 16.7 Å². The molecule has 1 atom stereocenters. The van der Waals surface area contributed by atoms with Gasteiger partial charge in [0.05, 0.1) is 22.0 Å². The van der Waals surface area contributed by atoms with E-state index < -0.39 is 0 Å². The Morgan fingerprint density at radius 1 is 1.25 bits per heavy atom. The summed E-state index contributed by atoms with van der Waals surface area (Å²) in [6, 6.07) is 0. The minimum absolute atomic E-state index is 0.212. The molecule has 1 fully saturated rings. The number of nitrogens with zero attached hydrogens (tertiary/aromatic N) is 2. The van der Waals surface area contributed by atoms with Crippen molar-refractivity contribution >= 4 is 15.9 Å². The fraction of sp³-hybridized carbons (Fsp3) is 0.812. The van der Waals surface area contributed by atoms with Gasteiger partial charge in [0.1, 0.15) is 0 Å². The number of rotatable bonds is 5. The molecule has 1 aromatic heterocycles. The third kappa shape index (κ3) is 2.25. The third-order valence-corrected chi connectivity index (χ3v) is 6.53. The van der Waals surface area contributed by atoms with Crippen LogP contribution in [-0.4, -0.2) is 21.0 Å². The average Bonchev–Trinajstić information content (AvgIpc) is 2.63. The van der Waals surface area contributed by atoms with Crippen LogP contribution in [0.2, 0.25) is 0 Å². The van der Waals surface area contributed by atoms with Gasteiger partial charge in [-0.25, -0.2) is 0 Å². The first-order chi connectivity index (χ1) is 9.18. The maximum Gasteiger partial charge on any atom is 0.0766 e. The molecule has 0 saturated heterocycles. The fourth-order valence-corrected chi connectivity index (χ4v) is 4.46. The standard InChI is InChI=1S/C16H27BrN2O/c1-7-10-13(17)11(19(8-2)18-10)9-12(20)14-15(3,4)16(14,5)6/h12,14,20H,7-9H2,1-6H3. The summed E-state index contributed by atoms with van der Waals surface area (Å²) in [7, 11) is 0. The summed E-state index contributed by atoms with van der Waals surface area (Å²) in [5.41, 5.74) is 2.64. The summed E-state index contributed by atoms with van der Waals surface area (Å²) in [4.78, 5) is 0. The van der Waals surface area contributed by atoms with E-state index in [1.165, 1.54) is 0 Å². The van der Waals surface area contributed by atoms with Gasteiger partial charge < -0.3 is 5.11 Å². The van der Waals surface area contributed by atoms with Crippen molar-refractivity contribution in [3.05, 3.63) is 15.9 Å². The van der Waals surface area contributed by atoms with E-state index in [0.29, 0.717) is 12.3 Å². The lowest BCUT2D eigenvalue weighted by atomic mass is 10.0. The van der Waals surface area contributed by atoms with Crippen LogP contribution in [0.4, 0.5) is 0 Å². The van der Waals surface area contributed by atoms with Gasteiger partial charge in [-0.1, -0.05) is 34.6 Å². The molecule has 114 valence electrons. The molecule has 1 aliphatic rings. The van der Waals surface area contributed by atoms with Gasteiger partial charge in [-0.15, -0.1) is 0 Å². The zero-order valence-electron chi connectivity index (χ0n) is 13.5. The molecule has 1 saturated carbocycles. The van der Waals surface area contributed by atoms with Gasteiger partial charge in [0, 0.05) is 13.0 Å². The van der Waals surface area contributed by atoms with E-state index in [9.17, 15) is 5.11 Å². The fourth-order valence-electron chi connectivity index (χ4n) is 3.74. The Labute approximate surface area is 130 Å². The van der Waals surface area contributed by atoms with E-state index in [1.807, 2.05) is 4.68 Å². The third-order valence-electron chi connectivity index (χ3n) is 5.61. The van der Waals surface area contributed by atoms with E-state index in [4.69, 9.17) is 0 Å². The normalized spacial score (nSPS) is 22.0. The summed E-state index contributed by atoms with van der Waals surface area (Å²) < 4.78 is 3.10. The van der Waals surface area contributed by atoms with Crippen LogP contribution in [0.15, 0.2) is 4.47 Å². The molecular formula is C16H27BrN2O. The zero-order valence-corrected chi connectivity index (χ0v) is 15.1. The Morgan fingerprint density at radius 2 is 1.80 bits per heavy atom. The highest BCUT2D eigenvalue weighted by molar-refractivity contribution is 9.10. The molecule has 4 heteroatoms. The molecule has 1 aliphatic carbocycles. The minimum Gasteiger partial charge on any atom is -0.392 e. The molecule has 0 aliphatic heterocycles. The average molecular weight is 343 g/mol. The zero-order chi connectivity index (χ0) is 15.3. The second-order valence-electron chi connectivity index (χ2n) is 7.07. The molecule has 0 spiro atoms. The predicted octanol–water partition coefficient (Wildman–Crippen LogP) is 3.81. The SMILES string of the molecule is CCc1nn(CC)c(CC(O)C2C(C)(C)C2(C)C)c1Br. The Hall–Kier alpha value is -0.350. The molecule has 0 bridgehead atoms. The van der Waals surface area contributed by atoms with Gasteiger partial charge in [0.25, 0.3) is 0 Å². The molecule has 0 aromatic carbocycles. The smallest absolute Gasteiger partial charge is 0.0766 e. The van der Waals surface area contributed by atoms with E-state index >= 15 is 0 Å². The molecule has 1 unspecified atom stereocenters. The molecule has 1 aromatic rings. The number of aromatic nitrogens is 2. The molecule has 3 nitrogen and oxygen atoms in total. The Morgan fingerprint density at radius 3 is 2.20 bits per heavy atom. The topological polar surface area (TPSA) is 38.0 Å². The summed E-state index contributed by atoms with van der Waals surface area (Å²) in [5.74, 6) is 0.354. The molecule has 2 rings (SSSR count). The van der Waals surface area contributed by atoms with Gasteiger partial charge in [-0.05, 0) is 46.0 Å². The largest absolute Gasteiger partial charge is 0.392 e. The van der Waals surface area contributed by atoms with Crippen LogP contribution < -0.4 is 0 Å². The highest BCUT2D eigenvalue weighted by Crippen LogP contribution is 2.69. The number of halogens is 1. The summed E-state index contributed by atoms with van der Waals surface area (Å²) in [6.07, 6.45) is 1.29. The lowest BCUT2D eigenvalue weighted by Gasteiger charge is -2.14. The van der Waals surface area contributed by atoms with Crippen molar-refractivity contribution in [2.24, 2.45) is 16.7 Å². The molecule has 1 N–H and O–H groups in total. The van der Waals surface area contributed by atoms with Crippen molar-refractivity contribution in [2.45, 2.75) is 67.0 Å². The molecule has 0 radical (unpaired) electrons. The van der Waals surface area contributed by atoms with Crippen molar-refractivity contribution in [2.75, 3.05) is 0 Å². The van der Waals surface area contributed by atoms with Crippen LogP contribution in [0.5, 0.6) is 0 Å². The lowest BCUT2D eigenvalue weighted by Crippen LogP contribution is -2.20. The van der Waals surface area contributed by atoms with Crippen LogP contribution in [0.1, 0.15) is 52.9 Å². The van der Waals surface area contributed by atoms with Gasteiger partial charge >= 0.3 is 0 Å². The Balaban J connectivity index is 2.21. The van der Waals surface area contributed by atoms with Gasteiger partial charge in [0.2, 0.25) is 0 Å². The quantitative estimate of drug-likeness (QED) is 0.883. The van der Waals surface area contributed by atoms with Crippen LogP contribution >= 0.6 is 15.9 Å². The first-order valence-corrected chi connectivity index (χ1v) is 8.39. The van der Waals surface area contributed by atoms with Crippen LogP contribution in [0.3, 0.4) is 0 Å². The number of aryl methyl sites for hydroxylation is 2. The number of aliphatic hydroxyl groups is 1. The second kappa shape index (κ2) is 5.13. The summed E-state index contributed by atoms with van der Waals surface area (Å²) >= 11 is 3.66. The van der Waals surface area contributed by atoms with Crippen molar-refractivity contribution in [3.63, 3.8) is 0 Å². The first-order valence-electron chi connectivity index (χ1n) is 7.60. The maximum absolute atomic E-state index is 10.7. The number of hydrogen-bond acceptors (Lipinski definition) is 2.